The lowest BCUT2D eigenvalue weighted by molar-refractivity contribution is -0.709. The number of nitrogens with zero attached hydrogens (tertiary/aromatic N) is 2. The van der Waals surface area contributed by atoms with E-state index in [1.807, 2.05) is 0 Å². The Bertz CT molecular complexity index is 519. The Balaban J connectivity index is 3.03. The number of rotatable bonds is 0. The molecule has 2 rings (SSSR count). The Morgan fingerprint density at radius 3 is 2.64 bits per heavy atom. The molecule has 0 aliphatic rings. The second-order valence-corrected chi connectivity index (χ2v) is 2.85. The van der Waals surface area contributed by atoms with Crippen LogP contribution in [0, 0.1) is 5.21 Å². The summed E-state index contributed by atoms with van der Waals surface area (Å²) in [6.07, 6.45) is 0. The van der Waals surface area contributed by atoms with Crippen LogP contribution in [0.4, 0.5) is 11.5 Å². The summed E-state index contributed by atoms with van der Waals surface area (Å²) < 4.78 is 0. The fourth-order valence-corrected chi connectivity index (χ4v) is 1.30. The lowest BCUT2D eigenvalue weighted by atomic mass is 10.2. The molecule has 74 valence electrons. The molecule has 0 amide bonds. The highest BCUT2D eigenvalue weighted by atomic mass is 16.6. The van der Waals surface area contributed by atoms with Gasteiger partial charge in [0, 0.05) is 0 Å². The van der Waals surface area contributed by atoms with Gasteiger partial charge >= 0.3 is 5.82 Å². The van der Waals surface area contributed by atoms with Gasteiger partial charge in [-0.15, -0.1) is 4.85 Å². The van der Waals surface area contributed by atoms with Crippen LogP contribution in [0.2, 0.25) is 0 Å². The van der Waals surface area contributed by atoms with Crippen molar-refractivity contribution in [3.05, 3.63) is 17.3 Å². The minimum absolute atomic E-state index is 0.0594. The molecule has 0 bridgehead atoms. The van der Waals surface area contributed by atoms with E-state index in [0.29, 0.717) is 0 Å². The summed E-state index contributed by atoms with van der Waals surface area (Å²) in [4.78, 5) is 0.264. The normalized spacial score (nSPS) is 10.9. The Labute approximate surface area is 77.9 Å². The van der Waals surface area contributed by atoms with Crippen molar-refractivity contribution in [2.45, 2.75) is 0 Å². The van der Waals surface area contributed by atoms with Gasteiger partial charge in [-0.1, -0.05) is 0 Å². The molecular weight excluding hydrogens is 188 g/mol. The largest absolute Gasteiger partial charge is 0.690 e. The van der Waals surface area contributed by atoms with Crippen molar-refractivity contribution >= 4 is 22.4 Å². The molecule has 0 saturated heterocycles. The minimum Gasteiger partial charge on any atom is -0.690 e. The van der Waals surface area contributed by atoms with Gasteiger partial charge in [-0.2, -0.15) is 0 Å². The van der Waals surface area contributed by atoms with Crippen LogP contribution >= 0.6 is 0 Å². The first-order valence-electron chi connectivity index (χ1n) is 3.74. The van der Waals surface area contributed by atoms with Crippen LogP contribution in [0.15, 0.2) is 12.1 Å². The highest BCUT2D eigenvalue weighted by Gasteiger charge is 2.19. The highest BCUT2D eigenvalue weighted by Crippen LogP contribution is 2.31. The maximum atomic E-state index is 11.1. The van der Waals surface area contributed by atoms with Crippen molar-refractivity contribution in [1.82, 2.24) is 4.85 Å². The highest BCUT2D eigenvalue weighted by molar-refractivity contribution is 5.94. The van der Waals surface area contributed by atoms with Crippen LogP contribution in [-0.2, 0) is 0 Å². The molecule has 1 heterocycles. The topological polar surface area (TPSA) is 124 Å². The molecule has 6 N–H and O–H groups in total. The van der Waals surface area contributed by atoms with Crippen LogP contribution in [0.25, 0.3) is 10.9 Å². The fourth-order valence-electron chi connectivity index (χ4n) is 1.30. The van der Waals surface area contributed by atoms with E-state index in [4.69, 9.17) is 11.5 Å². The summed E-state index contributed by atoms with van der Waals surface area (Å²) in [5, 5.41) is 30.1. The Morgan fingerprint density at radius 1 is 1.36 bits per heavy atom. The Hall–Kier alpha value is -2.31. The van der Waals surface area contributed by atoms with Gasteiger partial charge in [0.2, 0.25) is 0 Å². The molecule has 1 aromatic heterocycles. The molecule has 7 heteroatoms. The molecule has 0 aliphatic carbocycles. The van der Waals surface area contributed by atoms with Crippen LogP contribution in [0.3, 0.4) is 0 Å². The lowest BCUT2D eigenvalue weighted by Crippen LogP contribution is -2.38. The first-order valence-corrected chi connectivity index (χ1v) is 3.74. The third kappa shape index (κ3) is 0.777. The summed E-state index contributed by atoms with van der Waals surface area (Å²) >= 11 is 0. The zero-order valence-electron chi connectivity index (χ0n) is 7.01. The number of phenolic OH excluding ortho intramolecular Hbond substituents is 1. The summed E-state index contributed by atoms with van der Waals surface area (Å²) in [5.41, 5.74) is 10.7. The number of nitrogen functional groups attached to an aromatic ring is 2. The van der Waals surface area contributed by atoms with E-state index < -0.39 is 0 Å². The maximum absolute atomic E-state index is 11.1. The first-order chi connectivity index (χ1) is 6.54. The van der Waals surface area contributed by atoms with Crippen LogP contribution in [0.1, 0.15) is 0 Å². The number of hydrogen-bond acceptors (Lipinski definition) is 5. The van der Waals surface area contributed by atoms with E-state index >= 15 is 0 Å². The Kier molecular flexibility index (Phi) is 1.39. The Morgan fingerprint density at radius 2 is 2.00 bits per heavy atom. The third-order valence-corrected chi connectivity index (χ3v) is 2.04. The quantitative estimate of drug-likeness (QED) is 0.147. The molecule has 0 radical (unpaired) electrons. The summed E-state index contributed by atoms with van der Waals surface area (Å²) in [5.74, 6) is -0.566. The van der Waals surface area contributed by atoms with Gasteiger partial charge in [-0.25, -0.2) is 0 Å². The van der Waals surface area contributed by atoms with Gasteiger partial charge in [-0.05, 0) is 17.0 Å². The number of nitrogens with two attached hydrogens (primary N) is 2. The van der Waals surface area contributed by atoms with Crippen molar-refractivity contribution in [1.29, 1.82) is 0 Å². The number of hydrogen-bond donors (Lipinski definition) is 4. The molecule has 14 heavy (non-hydrogen) atoms. The number of aromatic nitrogens is 2. The van der Waals surface area contributed by atoms with E-state index in [-0.39, 0.29) is 37.8 Å². The van der Waals surface area contributed by atoms with Crippen molar-refractivity contribution < 1.29 is 15.2 Å². The number of anilines is 2. The summed E-state index contributed by atoms with van der Waals surface area (Å²) in [6, 6.07) is 2.84. The zero-order valence-corrected chi connectivity index (χ0v) is 7.01. The van der Waals surface area contributed by atoms with Gasteiger partial charge in [0.15, 0.2) is 11.3 Å². The first kappa shape index (κ1) is 8.30. The van der Waals surface area contributed by atoms with E-state index in [1.54, 1.807) is 0 Å². The third-order valence-electron chi connectivity index (χ3n) is 2.04. The van der Waals surface area contributed by atoms with Gasteiger partial charge in [-0.3, -0.25) is 5.73 Å². The van der Waals surface area contributed by atoms with Crippen molar-refractivity contribution in [2.75, 3.05) is 11.5 Å². The number of phenols is 1. The van der Waals surface area contributed by atoms with Crippen LogP contribution in [0.5, 0.6) is 5.75 Å². The average Bonchev–Trinajstić information content (AvgIpc) is 2.38. The molecule has 0 fully saturated rings. The monoisotopic (exact) mass is 196 g/mol. The second-order valence-electron chi connectivity index (χ2n) is 2.85. The number of benzene rings is 1. The van der Waals surface area contributed by atoms with Crippen molar-refractivity contribution in [3.63, 3.8) is 0 Å². The number of aromatic hydroxyl groups is 1. The van der Waals surface area contributed by atoms with Crippen molar-refractivity contribution in [2.24, 2.45) is 0 Å². The molecule has 0 saturated carbocycles. The predicted molar refractivity (Wildman–Crippen MR) is 48.6 cm³/mol. The smallest absolute Gasteiger partial charge is 0.307 e. The SMILES string of the molecule is Nc1ccc2c(N)[n+]([O-])n(O)c2c1O. The lowest BCUT2D eigenvalue weighted by Gasteiger charge is -2.01. The van der Waals surface area contributed by atoms with Gasteiger partial charge in [0.25, 0.3) is 0 Å². The molecule has 2 aromatic rings. The van der Waals surface area contributed by atoms with Gasteiger partial charge < -0.3 is 21.3 Å². The molecular formula is C7H8N4O3. The standard InChI is InChI=1S/C7H8N4O3/c8-4-2-1-3-5(6(4)12)10(13)11(14)7(3)9/h1-2,12-13H,8-9H2. The predicted octanol–water partition coefficient (Wildman–Crippen LogP) is -0.618. The molecule has 0 spiro atoms. The molecule has 0 atom stereocenters. The van der Waals surface area contributed by atoms with E-state index in [1.165, 1.54) is 12.1 Å². The molecule has 0 unspecified atom stereocenters. The van der Waals surface area contributed by atoms with Crippen LogP contribution < -0.4 is 16.3 Å². The van der Waals surface area contributed by atoms with Gasteiger partial charge in [0.05, 0.1) is 5.69 Å². The van der Waals surface area contributed by atoms with Crippen molar-refractivity contribution in [3.8, 4) is 5.75 Å². The van der Waals surface area contributed by atoms with E-state index in [2.05, 4.69) is 0 Å². The van der Waals surface area contributed by atoms with Gasteiger partial charge in [0.1, 0.15) is 5.39 Å². The summed E-state index contributed by atoms with van der Waals surface area (Å²) in [7, 11) is 0. The molecule has 1 aromatic carbocycles. The summed E-state index contributed by atoms with van der Waals surface area (Å²) in [6.45, 7) is 0. The second kappa shape index (κ2) is 2.34. The minimum atomic E-state index is -0.369. The molecule has 7 nitrogen and oxygen atoms in total. The van der Waals surface area contributed by atoms with Crippen LogP contribution in [-0.4, -0.2) is 15.2 Å². The fraction of sp³-hybridized carbons (Fsp3) is 0. The maximum Gasteiger partial charge on any atom is 0.307 e. The van der Waals surface area contributed by atoms with E-state index in [9.17, 15) is 15.5 Å². The average molecular weight is 196 g/mol. The molecule has 0 aliphatic heterocycles. The van der Waals surface area contributed by atoms with E-state index in [0.717, 1.165) is 0 Å². The zero-order chi connectivity index (χ0) is 10.5. The number of fused-ring (bicyclic) bond motifs is 1.